The lowest BCUT2D eigenvalue weighted by Crippen LogP contribution is -2.21. The second-order valence-corrected chi connectivity index (χ2v) is 2.49. The standard InChI is InChI=1S/C8H6F3N3/c9-8(10,11)5-13-7-3-1-2-6(4-12)14-7/h1-3H,5H2,(H,13,14). The minimum absolute atomic E-state index is 0.0429. The van der Waals surface area contributed by atoms with Crippen LogP contribution in [0.25, 0.3) is 0 Å². The predicted molar refractivity (Wildman–Crippen MR) is 43.5 cm³/mol. The largest absolute Gasteiger partial charge is 0.405 e. The van der Waals surface area contributed by atoms with E-state index in [1.165, 1.54) is 18.2 Å². The van der Waals surface area contributed by atoms with Crippen LogP contribution in [0.4, 0.5) is 19.0 Å². The molecule has 1 rings (SSSR count). The number of nitrogens with zero attached hydrogens (tertiary/aromatic N) is 2. The van der Waals surface area contributed by atoms with Crippen LogP contribution in [0.5, 0.6) is 0 Å². The summed E-state index contributed by atoms with van der Waals surface area (Å²) < 4.78 is 35.3. The monoisotopic (exact) mass is 201 g/mol. The first-order chi connectivity index (χ1) is 6.51. The van der Waals surface area contributed by atoms with Crippen molar-refractivity contribution in [3.8, 4) is 6.07 Å². The highest BCUT2D eigenvalue weighted by atomic mass is 19.4. The van der Waals surface area contributed by atoms with Crippen LogP contribution in [0.1, 0.15) is 5.69 Å². The molecular weight excluding hydrogens is 195 g/mol. The van der Waals surface area contributed by atoms with Crippen LogP contribution >= 0.6 is 0 Å². The topological polar surface area (TPSA) is 48.7 Å². The molecule has 1 N–H and O–H groups in total. The third-order valence-corrected chi connectivity index (χ3v) is 1.33. The van der Waals surface area contributed by atoms with E-state index in [-0.39, 0.29) is 11.5 Å². The van der Waals surface area contributed by atoms with Gasteiger partial charge in [0.1, 0.15) is 24.1 Å². The zero-order valence-corrected chi connectivity index (χ0v) is 6.97. The van der Waals surface area contributed by atoms with E-state index in [2.05, 4.69) is 10.3 Å². The SMILES string of the molecule is N#Cc1cccc(NCC(F)(F)F)n1. The van der Waals surface area contributed by atoms with Gasteiger partial charge >= 0.3 is 6.18 Å². The average molecular weight is 201 g/mol. The first-order valence-electron chi connectivity index (χ1n) is 3.69. The molecule has 0 saturated carbocycles. The van der Waals surface area contributed by atoms with Crippen molar-refractivity contribution in [3.63, 3.8) is 0 Å². The number of rotatable bonds is 2. The maximum atomic E-state index is 11.8. The quantitative estimate of drug-likeness (QED) is 0.795. The Labute approximate surface area is 78.2 Å². The highest BCUT2D eigenvalue weighted by Gasteiger charge is 2.26. The van der Waals surface area contributed by atoms with Crippen LogP contribution in [0.2, 0.25) is 0 Å². The molecule has 0 radical (unpaired) electrons. The van der Waals surface area contributed by atoms with Gasteiger partial charge in [-0.25, -0.2) is 4.98 Å². The number of halogens is 3. The average Bonchev–Trinajstić information content (AvgIpc) is 2.14. The van der Waals surface area contributed by atoms with Crippen molar-refractivity contribution in [1.29, 1.82) is 5.26 Å². The lowest BCUT2D eigenvalue weighted by atomic mass is 10.3. The van der Waals surface area contributed by atoms with Crippen LogP contribution in [-0.2, 0) is 0 Å². The van der Waals surface area contributed by atoms with Crippen molar-refractivity contribution < 1.29 is 13.2 Å². The molecule has 0 bridgehead atoms. The van der Waals surface area contributed by atoms with E-state index in [1.807, 2.05) is 0 Å². The molecule has 1 aromatic heterocycles. The van der Waals surface area contributed by atoms with E-state index >= 15 is 0 Å². The summed E-state index contributed by atoms with van der Waals surface area (Å²) in [6, 6.07) is 5.98. The molecule has 0 aliphatic carbocycles. The normalized spacial score (nSPS) is 10.7. The van der Waals surface area contributed by atoms with E-state index in [4.69, 9.17) is 5.26 Å². The summed E-state index contributed by atoms with van der Waals surface area (Å²) >= 11 is 0. The molecule has 1 heterocycles. The predicted octanol–water partition coefficient (Wildman–Crippen LogP) is 1.93. The molecule has 0 saturated heterocycles. The first kappa shape index (κ1) is 10.3. The van der Waals surface area contributed by atoms with Gasteiger partial charge in [0.25, 0.3) is 0 Å². The molecule has 0 amide bonds. The van der Waals surface area contributed by atoms with Crippen LogP contribution in [0, 0.1) is 11.3 Å². The summed E-state index contributed by atoms with van der Waals surface area (Å²) in [6.07, 6.45) is -4.29. The van der Waals surface area contributed by atoms with E-state index < -0.39 is 12.7 Å². The summed E-state index contributed by atoms with van der Waals surface area (Å²) in [5, 5.41) is 10.5. The lowest BCUT2D eigenvalue weighted by molar-refractivity contribution is -0.115. The Hall–Kier alpha value is -1.77. The zero-order chi connectivity index (χ0) is 10.6. The summed E-state index contributed by atoms with van der Waals surface area (Å²) in [5.74, 6) is 0.0429. The summed E-state index contributed by atoms with van der Waals surface area (Å²) in [5.41, 5.74) is 0.0807. The second kappa shape index (κ2) is 3.96. The molecule has 1 aromatic rings. The second-order valence-electron chi connectivity index (χ2n) is 2.49. The minimum atomic E-state index is -4.29. The maximum absolute atomic E-state index is 11.8. The van der Waals surface area contributed by atoms with E-state index in [0.717, 1.165) is 0 Å². The van der Waals surface area contributed by atoms with Gasteiger partial charge in [0.15, 0.2) is 0 Å². The van der Waals surface area contributed by atoms with E-state index in [9.17, 15) is 13.2 Å². The Kier molecular flexibility index (Phi) is 2.92. The third-order valence-electron chi connectivity index (χ3n) is 1.33. The van der Waals surface area contributed by atoms with Crippen LogP contribution < -0.4 is 5.32 Å². The van der Waals surface area contributed by atoms with Gasteiger partial charge in [0, 0.05) is 0 Å². The molecule has 0 aliphatic heterocycles. The van der Waals surface area contributed by atoms with Crippen molar-refractivity contribution >= 4 is 5.82 Å². The van der Waals surface area contributed by atoms with Gasteiger partial charge < -0.3 is 5.32 Å². The van der Waals surface area contributed by atoms with Gasteiger partial charge in [-0.15, -0.1) is 0 Å². The summed E-state index contributed by atoms with van der Waals surface area (Å²) in [7, 11) is 0. The first-order valence-corrected chi connectivity index (χ1v) is 3.69. The Bertz CT molecular complexity index is 354. The number of hydrogen-bond acceptors (Lipinski definition) is 3. The Morgan fingerprint density at radius 2 is 2.14 bits per heavy atom. The fraction of sp³-hybridized carbons (Fsp3) is 0.250. The minimum Gasteiger partial charge on any atom is -0.361 e. The molecule has 3 nitrogen and oxygen atoms in total. The Balaban J connectivity index is 2.65. The lowest BCUT2D eigenvalue weighted by Gasteiger charge is -2.08. The Morgan fingerprint density at radius 3 is 2.71 bits per heavy atom. The fourth-order valence-corrected chi connectivity index (χ4v) is 0.786. The molecule has 0 spiro atoms. The summed E-state index contributed by atoms with van der Waals surface area (Å²) in [4.78, 5) is 3.62. The maximum Gasteiger partial charge on any atom is 0.405 e. The van der Waals surface area contributed by atoms with Gasteiger partial charge in [-0.2, -0.15) is 18.4 Å². The van der Waals surface area contributed by atoms with Crippen molar-refractivity contribution in [2.45, 2.75) is 6.18 Å². The van der Waals surface area contributed by atoms with Crippen molar-refractivity contribution in [1.82, 2.24) is 4.98 Å². The number of pyridine rings is 1. The van der Waals surface area contributed by atoms with Crippen molar-refractivity contribution in [3.05, 3.63) is 23.9 Å². The highest BCUT2D eigenvalue weighted by Crippen LogP contribution is 2.15. The number of anilines is 1. The summed E-state index contributed by atoms with van der Waals surface area (Å²) in [6.45, 7) is -1.16. The molecule has 14 heavy (non-hydrogen) atoms. The van der Waals surface area contributed by atoms with Gasteiger partial charge in [-0.05, 0) is 12.1 Å². The van der Waals surface area contributed by atoms with Gasteiger partial charge in [-0.3, -0.25) is 0 Å². The molecule has 0 unspecified atom stereocenters. The highest BCUT2D eigenvalue weighted by molar-refractivity contribution is 5.38. The zero-order valence-electron chi connectivity index (χ0n) is 6.97. The van der Waals surface area contributed by atoms with Gasteiger partial charge in [0.2, 0.25) is 0 Å². The number of aromatic nitrogens is 1. The molecule has 0 fully saturated rings. The number of alkyl halides is 3. The molecule has 0 atom stereocenters. The Morgan fingerprint density at radius 1 is 1.43 bits per heavy atom. The molecule has 0 aromatic carbocycles. The number of nitrogens with one attached hydrogen (secondary N) is 1. The van der Waals surface area contributed by atoms with E-state index in [0.29, 0.717) is 0 Å². The van der Waals surface area contributed by atoms with Crippen molar-refractivity contribution in [2.75, 3.05) is 11.9 Å². The molecular formula is C8H6F3N3. The molecule has 6 heteroatoms. The van der Waals surface area contributed by atoms with Gasteiger partial charge in [-0.1, -0.05) is 6.07 Å². The van der Waals surface area contributed by atoms with Crippen LogP contribution in [0.3, 0.4) is 0 Å². The van der Waals surface area contributed by atoms with Gasteiger partial charge in [0.05, 0.1) is 0 Å². The fourth-order valence-electron chi connectivity index (χ4n) is 0.786. The van der Waals surface area contributed by atoms with Crippen molar-refractivity contribution in [2.24, 2.45) is 0 Å². The molecule has 0 aliphatic rings. The molecule has 74 valence electrons. The van der Waals surface area contributed by atoms with Crippen LogP contribution in [0.15, 0.2) is 18.2 Å². The van der Waals surface area contributed by atoms with Crippen LogP contribution in [-0.4, -0.2) is 17.7 Å². The van der Waals surface area contributed by atoms with E-state index in [1.54, 1.807) is 6.07 Å². The number of nitriles is 1. The third kappa shape index (κ3) is 3.31. The smallest absolute Gasteiger partial charge is 0.361 e. The number of hydrogen-bond donors (Lipinski definition) is 1.